The van der Waals surface area contributed by atoms with Crippen LogP contribution in [-0.2, 0) is 25.5 Å². The van der Waals surface area contributed by atoms with Crippen molar-refractivity contribution >= 4 is 41.0 Å². The van der Waals surface area contributed by atoms with Crippen molar-refractivity contribution in [2.75, 3.05) is 0 Å². The maximum Gasteiger partial charge on any atom is 0.397 e. The van der Waals surface area contributed by atoms with E-state index in [1.807, 2.05) is 0 Å². The Hall–Kier alpha value is -2.75. The minimum Gasteiger partial charge on any atom is -0.479 e. The first kappa shape index (κ1) is 26.5. The second-order valence-electron chi connectivity index (χ2n) is 7.47. The lowest BCUT2D eigenvalue weighted by Gasteiger charge is -2.21. The van der Waals surface area contributed by atoms with E-state index in [0.29, 0.717) is 0 Å². The molecule has 0 spiro atoms. The number of carboxylic acids is 1. The van der Waals surface area contributed by atoms with E-state index in [1.54, 1.807) is 0 Å². The molecule has 0 aliphatic heterocycles. The topological polar surface area (TPSA) is 113 Å². The summed E-state index contributed by atoms with van der Waals surface area (Å²) in [6, 6.07) is 4.71. The van der Waals surface area contributed by atoms with Crippen molar-refractivity contribution in [2.24, 2.45) is 0 Å². The van der Waals surface area contributed by atoms with Crippen molar-refractivity contribution < 1.29 is 38.1 Å². The summed E-state index contributed by atoms with van der Waals surface area (Å²) in [6.07, 6.45) is -3.33. The van der Waals surface area contributed by atoms with Crippen LogP contribution in [0.2, 0.25) is 10.0 Å². The number of esters is 1. The third kappa shape index (κ3) is 7.38. The summed E-state index contributed by atoms with van der Waals surface area (Å²) >= 11 is 12.1. The summed E-state index contributed by atoms with van der Waals surface area (Å²) in [5.41, 5.74) is -0.0589. The Labute approximate surface area is 198 Å². The Kier molecular flexibility index (Phi) is 9.16. The van der Waals surface area contributed by atoms with Gasteiger partial charge in [-0.1, -0.05) is 23.2 Å². The highest BCUT2D eigenvalue weighted by molar-refractivity contribution is 6.34. The number of rotatable bonds is 8. The third-order valence-corrected chi connectivity index (χ3v) is 5.02. The van der Waals surface area contributed by atoms with Gasteiger partial charge in [0.25, 0.3) is 0 Å². The van der Waals surface area contributed by atoms with Gasteiger partial charge in [-0.15, -0.1) is 0 Å². The summed E-state index contributed by atoms with van der Waals surface area (Å²) in [5.74, 6) is -5.47. The first-order valence-electron chi connectivity index (χ1n) is 9.74. The van der Waals surface area contributed by atoms with Crippen molar-refractivity contribution in [1.82, 2.24) is 5.32 Å². The van der Waals surface area contributed by atoms with Crippen LogP contribution in [0, 0.1) is 11.6 Å². The maximum atomic E-state index is 14.9. The first-order valence-corrected chi connectivity index (χ1v) is 10.5. The lowest BCUT2D eigenvalue weighted by atomic mass is 9.97. The Balaban J connectivity index is 2.33. The SMILES string of the molecule is CC(C)OC(=O)C(=O)NC(Cc1cc(Cl)c(-c2cc(Cl)ccc2F)cc1F)CC(O)C(=O)O. The van der Waals surface area contributed by atoms with Crippen molar-refractivity contribution in [3.8, 4) is 11.1 Å². The average Bonchev–Trinajstić information content (AvgIpc) is 2.71. The fraction of sp³-hybridized carbons (Fsp3) is 0.318. The number of carboxylic acid groups (broad SMARTS) is 1. The van der Waals surface area contributed by atoms with Gasteiger partial charge in [0.05, 0.1) is 6.10 Å². The van der Waals surface area contributed by atoms with Gasteiger partial charge in [0.2, 0.25) is 0 Å². The second kappa shape index (κ2) is 11.4. The molecule has 0 saturated carbocycles. The van der Waals surface area contributed by atoms with Gasteiger partial charge in [0.1, 0.15) is 11.6 Å². The number of amides is 1. The Morgan fingerprint density at radius 3 is 2.33 bits per heavy atom. The normalized spacial score (nSPS) is 12.8. The molecule has 0 bridgehead atoms. The van der Waals surface area contributed by atoms with Gasteiger partial charge < -0.3 is 20.3 Å². The number of ether oxygens (including phenoxy) is 1. The summed E-state index contributed by atoms with van der Waals surface area (Å²) in [5, 5.41) is 21.1. The van der Waals surface area contributed by atoms with Gasteiger partial charge in [-0.3, -0.25) is 4.79 Å². The average molecular weight is 504 g/mol. The highest BCUT2D eigenvalue weighted by Crippen LogP contribution is 2.34. The van der Waals surface area contributed by atoms with Crippen LogP contribution in [0.1, 0.15) is 25.8 Å². The Bertz CT molecular complexity index is 1060. The number of aliphatic hydroxyl groups is 1. The number of nitrogens with one attached hydrogen (secondary N) is 1. The molecule has 0 aromatic heterocycles. The predicted molar refractivity (Wildman–Crippen MR) is 117 cm³/mol. The van der Waals surface area contributed by atoms with E-state index in [9.17, 15) is 28.3 Å². The number of hydrogen-bond acceptors (Lipinski definition) is 5. The van der Waals surface area contributed by atoms with E-state index >= 15 is 0 Å². The van der Waals surface area contributed by atoms with E-state index in [2.05, 4.69) is 5.32 Å². The fourth-order valence-electron chi connectivity index (χ4n) is 3.00. The Morgan fingerprint density at radius 2 is 1.73 bits per heavy atom. The summed E-state index contributed by atoms with van der Waals surface area (Å²) in [6.45, 7) is 3.05. The van der Waals surface area contributed by atoms with Gasteiger partial charge in [-0.05, 0) is 56.2 Å². The fourth-order valence-corrected chi connectivity index (χ4v) is 3.46. The van der Waals surface area contributed by atoms with Crippen molar-refractivity contribution in [3.05, 3.63) is 57.6 Å². The molecule has 2 aromatic carbocycles. The van der Waals surface area contributed by atoms with Crippen LogP contribution in [0.4, 0.5) is 8.78 Å². The standard InChI is InChI=1S/C22H21Cl2F2NO6/c1-10(2)33-22(32)20(29)27-13(8-19(28)21(30)31)5-11-6-16(24)14(9-18(11)26)15-7-12(23)3-4-17(15)25/h3-4,6-7,9-10,13,19,28H,5,8H2,1-2H3,(H,27,29)(H,30,31). The van der Waals surface area contributed by atoms with Gasteiger partial charge in [0, 0.05) is 33.6 Å². The molecule has 178 valence electrons. The number of hydrogen-bond donors (Lipinski definition) is 3. The summed E-state index contributed by atoms with van der Waals surface area (Å²) in [7, 11) is 0. The van der Waals surface area contributed by atoms with Crippen LogP contribution in [0.3, 0.4) is 0 Å². The second-order valence-corrected chi connectivity index (χ2v) is 8.31. The van der Waals surface area contributed by atoms with E-state index in [1.165, 1.54) is 32.0 Å². The van der Waals surface area contributed by atoms with Crippen LogP contribution in [0.15, 0.2) is 30.3 Å². The van der Waals surface area contributed by atoms with Crippen LogP contribution >= 0.6 is 23.2 Å². The van der Waals surface area contributed by atoms with E-state index in [-0.39, 0.29) is 33.2 Å². The molecule has 2 unspecified atom stereocenters. The van der Waals surface area contributed by atoms with Crippen molar-refractivity contribution in [3.63, 3.8) is 0 Å². The van der Waals surface area contributed by atoms with Crippen LogP contribution in [-0.4, -0.2) is 46.3 Å². The lowest BCUT2D eigenvalue weighted by molar-refractivity contribution is -0.158. The number of aliphatic hydroxyl groups excluding tert-OH is 1. The maximum absolute atomic E-state index is 14.9. The largest absolute Gasteiger partial charge is 0.479 e. The summed E-state index contributed by atoms with van der Waals surface area (Å²) < 4.78 is 33.8. The molecule has 0 fully saturated rings. The zero-order valence-corrected chi connectivity index (χ0v) is 19.1. The highest BCUT2D eigenvalue weighted by atomic mass is 35.5. The van der Waals surface area contributed by atoms with Gasteiger partial charge >= 0.3 is 17.8 Å². The van der Waals surface area contributed by atoms with Crippen molar-refractivity contribution in [1.29, 1.82) is 0 Å². The molecule has 7 nitrogen and oxygen atoms in total. The molecule has 3 N–H and O–H groups in total. The third-order valence-electron chi connectivity index (χ3n) is 4.48. The zero-order valence-electron chi connectivity index (χ0n) is 17.6. The van der Waals surface area contributed by atoms with Crippen molar-refractivity contribution in [2.45, 2.75) is 44.9 Å². The molecule has 33 heavy (non-hydrogen) atoms. The van der Waals surface area contributed by atoms with Crippen LogP contribution < -0.4 is 5.32 Å². The molecule has 2 atom stereocenters. The van der Waals surface area contributed by atoms with Gasteiger partial charge in [0.15, 0.2) is 6.10 Å². The molecule has 0 heterocycles. The van der Waals surface area contributed by atoms with Crippen LogP contribution in [0.25, 0.3) is 11.1 Å². The molecular formula is C22H21Cl2F2NO6. The monoisotopic (exact) mass is 503 g/mol. The van der Waals surface area contributed by atoms with Crippen LogP contribution in [0.5, 0.6) is 0 Å². The highest BCUT2D eigenvalue weighted by Gasteiger charge is 2.27. The molecule has 0 aliphatic carbocycles. The van der Waals surface area contributed by atoms with Gasteiger partial charge in [-0.2, -0.15) is 0 Å². The number of benzene rings is 2. The quantitative estimate of drug-likeness (QED) is 0.373. The predicted octanol–water partition coefficient (Wildman–Crippen LogP) is 3.75. The first-order chi connectivity index (χ1) is 15.4. The molecule has 1 amide bonds. The molecule has 2 rings (SSSR count). The molecular weight excluding hydrogens is 483 g/mol. The number of aliphatic carboxylic acids is 1. The molecule has 11 heteroatoms. The molecule has 0 aliphatic rings. The number of halogens is 4. The minimum absolute atomic E-state index is 0.0273. The van der Waals surface area contributed by atoms with E-state index in [0.717, 1.165) is 12.1 Å². The molecule has 2 aromatic rings. The smallest absolute Gasteiger partial charge is 0.397 e. The molecule has 0 radical (unpaired) electrons. The zero-order chi connectivity index (χ0) is 24.9. The van der Waals surface area contributed by atoms with E-state index in [4.69, 9.17) is 33.0 Å². The number of carbonyl (C=O) groups is 3. The minimum atomic E-state index is -1.89. The summed E-state index contributed by atoms with van der Waals surface area (Å²) in [4.78, 5) is 34.9. The lowest BCUT2D eigenvalue weighted by Crippen LogP contribution is -2.44. The van der Waals surface area contributed by atoms with E-state index < -0.39 is 54.2 Å². The van der Waals surface area contributed by atoms with Gasteiger partial charge in [-0.25, -0.2) is 18.4 Å². The Morgan fingerprint density at radius 1 is 1.06 bits per heavy atom. The number of carbonyl (C=O) groups excluding carboxylic acids is 2. The molecule has 0 saturated heterocycles.